The summed E-state index contributed by atoms with van der Waals surface area (Å²) < 4.78 is 1.43. The van der Waals surface area contributed by atoms with Crippen LogP contribution >= 0.6 is 0 Å². The Morgan fingerprint density at radius 1 is 1.80 bits per heavy atom. The van der Waals surface area contributed by atoms with Crippen molar-refractivity contribution in [2.45, 2.75) is 6.04 Å². The van der Waals surface area contributed by atoms with E-state index < -0.39 is 6.04 Å². The van der Waals surface area contributed by atoms with E-state index in [1.165, 1.54) is 4.68 Å². The first-order chi connectivity index (χ1) is 4.75. The number of aliphatic hydroxyl groups is 1. The Bertz CT molecular complexity index is 209. The van der Waals surface area contributed by atoms with Crippen molar-refractivity contribution in [2.75, 3.05) is 6.61 Å². The molecule has 0 saturated carbocycles. The standard InChI is InChI=1S/C4H9N5O/c1-9-4(3(5)2-10)6-7-8-9/h3,10H,2,5H2,1H3/t3-/m0/s1. The molecule has 1 heterocycles. The molecule has 0 saturated heterocycles. The van der Waals surface area contributed by atoms with Crippen LogP contribution in [0, 0.1) is 0 Å². The van der Waals surface area contributed by atoms with Crippen LogP contribution in [0.25, 0.3) is 0 Å². The predicted molar refractivity (Wildman–Crippen MR) is 32.8 cm³/mol. The third kappa shape index (κ3) is 1.12. The Hall–Kier alpha value is -1.01. The van der Waals surface area contributed by atoms with E-state index in [2.05, 4.69) is 15.5 Å². The fourth-order valence-electron chi connectivity index (χ4n) is 0.632. The minimum Gasteiger partial charge on any atom is -0.394 e. The highest BCUT2D eigenvalue weighted by molar-refractivity contribution is 4.88. The molecule has 0 aliphatic heterocycles. The summed E-state index contributed by atoms with van der Waals surface area (Å²) in [5, 5.41) is 19.1. The lowest BCUT2D eigenvalue weighted by Crippen LogP contribution is -2.19. The van der Waals surface area contributed by atoms with Crippen LogP contribution in [0.3, 0.4) is 0 Å². The van der Waals surface area contributed by atoms with Gasteiger partial charge in [-0.1, -0.05) is 0 Å². The molecule has 0 fully saturated rings. The number of rotatable bonds is 2. The molecule has 1 aromatic rings. The van der Waals surface area contributed by atoms with Gasteiger partial charge in [-0.2, -0.15) is 0 Å². The number of nitrogens with two attached hydrogens (primary N) is 1. The molecule has 1 aromatic heterocycles. The summed E-state index contributed by atoms with van der Waals surface area (Å²) in [5.41, 5.74) is 5.43. The number of aryl methyl sites for hydroxylation is 1. The molecule has 0 aromatic carbocycles. The number of tetrazole rings is 1. The summed E-state index contributed by atoms with van der Waals surface area (Å²) in [7, 11) is 1.67. The maximum absolute atomic E-state index is 8.60. The van der Waals surface area contributed by atoms with Crippen LogP contribution < -0.4 is 5.73 Å². The Labute approximate surface area is 57.6 Å². The van der Waals surface area contributed by atoms with E-state index in [0.717, 1.165) is 0 Å². The molecule has 0 amide bonds. The molecule has 1 rings (SSSR count). The van der Waals surface area contributed by atoms with E-state index in [9.17, 15) is 0 Å². The SMILES string of the molecule is Cn1nnnc1[C@@H](N)CO. The van der Waals surface area contributed by atoms with Crippen LogP contribution in [0.15, 0.2) is 0 Å². The lowest BCUT2D eigenvalue weighted by molar-refractivity contribution is 0.260. The predicted octanol–water partition coefficient (Wildman–Crippen LogP) is -1.80. The van der Waals surface area contributed by atoms with Gasteiger partial charge in [-0.05, 0) is 10.4 Å². The second-order valence-electron chi connectivity index (χ2n) is 1.95. The topological polar surface area (TPSA) is 89.9 Å². The molecular weight excluding hydrogens is 134 g/mol. The highest BCUT2D eigenvalue weighted by Crippen LogP contribution is 2.00. The summed E-state index contributed by atoms with van der Waals surface area (Å²) >= 11 is 0. The van der Waals surface area contributed by atoms with Crippen molar-refractivity contribution in [3.05, 3.63) is 5.82 Å². The van der Waals surface area contributed by atoms with Crippen molar-refractivity contribution in [3.63, 3.8) is 0 Å². The number of hydrogen-bond acceptors (Lipinski definition) is 5. The van der Waals surface area contributed by atoms with Gasteiger partial charge in [0.2, 0.25) is 0 Å². The molecule has 10 heavy (non-hydrogen) atoms. The number of nitrogens with zero attached hydrogens (tertiary/aromatic N) is 4. The van der Waals surface area contributed by atoms with Gasteiger partial charge in [0.05, 0.1) is 12.6 Å². The molecule has 1 atom stereocenters. The largest absolute Gasteiger partial charge is 0.394 e. The van der Waals surface area contributed by atoms with E-state index >= 15 is 0 Å². The second kappa shape index (κ2) is 2.72. The first kappa shape index (κ1) is 7.10. The molecular formula is C4H9N5O. The summed E-state index contributed by atoms with van der Waals surface area (Å²) in [6.07, 6.45) is 0. The van der Waals surface area contributed by atoms with Crippen LogP contribution in [0.4, 0.5) is 0 Å². The van der Waals surface area contributed by atoms with Crippen LogP contribution in [0.1, 0.15) is 11.9 Å². The maximum Gasteiger partial charge on any atom is 0.170 e. The van der Waals surface area contributed by atoms with Crippen LogP contribution in [-0.4, -0.2) is 31.9 Å². The molecule has 0 aliphatic rings. The molecule has 6 heteroatoms. The van der Waals surface area contributed by atoms with Gasteiger partial charge in [-0.3, -0.25) is 0 Å². The fourth-order valence-corrected chi connectivity index (χ4v) is 0.632. The van der Waals surface area contributed by atoms with Gasteiger partial charge < -0.3 is 10.8 Å². The lowest BCUT2D eigenvalue weighted by Gasteiger charge is -2.03. The molecule has 0 spiro atoms. The smallest absolute Gasteiger partial charge is 0.170 e. The van der Waals surface area contributed by atoms with Crippen molar-refractivity contribution >= 4 is 0 Å². The molecule has 0 bridgehead atoms. The van der Waals surface area contributed by atoms with Crippen LogP contribution in [0.5, 0.6) is 0 Å². The molecule has 6 nitrogen and oxygen atoms in total. The Morgan fingerprint density at radius 3 is 2.90 bits per heavy atom. The van der Waals surface area contributed by atoms with E-state index in [0.29, 0.717) is 5.82 Å². The molecule has 3 N–H and O–H groups in total. The van der Waals surface area contributed by atoms with Gasteiger partial charge in [-0.15, -0.1) is 5.10 Å². The first-order valence-electron chi connectivity index (χ1n) is 2.84. The monoisotopic (exact) mass is 143 g/mol. The fraction of sp³-hybridized carbons (Fsp3) is 0.750. The second-order valence-corrected chi connectivity index (χ2v) is 1.95. The van der Waals surface area contributed by atoms with Crippen molar-refractivity contribution < 1.29 is 5.11 Å². The highest BCUT2D eigenvalue weighted by atomic mass is 16.3. The average Bonchev–Trinajstić information content (AvgIpc) is 2.34. The quantitative estimate of drug-likeness (QED) is 0.510. The maximum atomic E-state index is 8.60. The van der Waals surface area contributed by atoms with Crippen LogP contribution in [-0.2, 0) is 7.05 Å². The first-order valence-corrected chi connectivity index (χ1v) is 2.84. The molecule has 0 radical (unpaired) electrons. The van der Waals surface area contributed by atoms with Crippen molar-refractivity contribution in [1.82, 2.24) is 20.2 Å². The van der Waals surface area contributed by atoms with Gasteiger partial charge in [0, 0.05) is 7.05 Å². The Balaban J connectivity index is 2.82. The van der Waals surface area contributed by atoms with Crippen LogP contribution in [0.2, 0.25) is 0 Å². The van der Waals surface area contributed by atoms with Gasteiger partial charge in [0.25, 0.3) is 0 Å². The summed E-state index contributed by atoms with van der Waals surface area (Å²) in [5.74, 6) is 0.488. The zero-order valence-electron chi connectivity index (χ0n) is 5.60. The molecule has 0 aliphatic carbocycles. The van der Waals surface area contributed by atoms with Gasteiger partial charge >= 0.3 is 0 Å². The molecule has 0 unspecified atom stereocenters. The van der Waals surface area contributed by atoms with Gasteiger partial charge in [0.15, 0.2) is 5.82 Å². The van der Waals surface area contributed by atoms with Crippen molar-refractivity contribution in [2.24, 2.45) is 12.8 Å². The minimum absolute atomic E-state index is 0.145. The number of hydrogen-bond donors (Lipinski definition) is 2. The minimum atomic E-state index is -0.486. The summed E-state index contributed by atoms with van der Waals surface area (Å²) in [6.45, 7) is -0.145. The summed E-state index contributed by atoms with van der Waals surface area (Å²) in [4.78, 5) is 0. The van der Waals surface area contributed by atoms with E-state index in [-0.39, 0.29) is 6.61 Å². The normalized spacial score (nSPS) is 13.5. The highest BCUT2D eigenvalue weighted by Gasteiger charge is 2.10. The Kier molecular flexibility index (Phi) is 1.93. The third-order valence-corrected chi connectivity index (χ3v) is 1.18. The van der Waals surface area contributed by atoms with Crippen molar-refractivity contribution in [1.29, 1.82) is 0 Å². The third-order valence-electron chi connectivity index (χ3n) is 1.18. The van der Waals surface area contributed by atoms with E-state index in [4.69, 9.17) is 10.8 Å². The van der Waals surface area contributed by atoms with E-state index in [1.807, 2.05) is 0 Å². The Morgan fingerprint density at radius 2 is 2.50 bits per heavy atom. The average molecular weight is 143 g/mol. The lowest BCUT2D eigenvalue weighted by atomic mass is 10.3. The zero-order chi connectivity index (χ0) is 7.56. The van der Waals surface area contributed by atoms with Crippen molar-refractivity contribution in [3.8, 4) is 0 Å². The summed E-state index contributed by atoms with van der Waals surface area (Å²) in [6, 6.07) is -0.486. The van der Waals surface area contributed by atoms with Gasteiger partial charge in [-0.25, -0.2) is 4.68 Å². The van der Waals surface area contributed by atoms with E-state index in [1.54, 1.807) is 7.05 Å². The van der Waals surface area contributed by atoms with Gasteiger partial charge in [0.1, 0.15) is 0 Å². The number of aliphatic hydroxyl groups excluding tert-OH is 1. The number of aromatic nitrogens is 4. The zero-order valence-corrected chi connectivity index (χ0v) is 5.60. The molecule has 56 valence electrons.